The minimum Gasteiger partial charge on any atom is -0.487 e. The second-order valence-corrected chi connectivity index (χ2v) is 4.43. The molecule has 0 amide bonds. The second kappa shape index (κ2) is 7.62. The number of nitrogens with two attached hydrogens (primary N) is 1. The van der Waals surface area contributed by atoms with Gasteiger partial charge in [-0.15, -0.1) is 0 Å². The van der Waals surface area contributed by atoms with Crippen molar-refractivity contribution in [2.24, 2.45) is 0 Å². The lowest BCUT2D eigenvalue weighted by Crippen LogP contribution is -3.09. The van der Waals surface area contributed by atoms with E-state index in [-0.39, 0.29) is 5.69 Å². The number of nitrogens with zero attached hydrogens (tertiary/aromatic N) is 1. The largest absolute Gasteiger partial charge is 0.487 e. The van der Waals surface area contributed by atoms with E-state index in [1.54, 1.807) is 12.1 Å². The Balaban J connectivity index is 2.23. The molecule has 0 atom stereocenters. The van der Waals surface area contributed by atoms with Crippen LogP contribution in [-0.2, 0) is 0 Å². The number of ether oxygens (including phenoxy) is 1. The Bertz CT molecular complexity index is 383. The van der Waals surface area contributed by atoms with Gasteiger partial charge >= 0.3 is 0 Å². The number of benzene rings is 1. The first-order valence-electron chi connectivity index (χ1n) is 6.07. The number of nitrogens with one attached hydrogen (secondary N) is 1. The summed E-state index contributed by atoms with van der Waals surface area (Å²) >= 11 is 0. The molecule has 3 N–H and O–H groups in total. The van der Waals surface area contributed by atoms with Crippen molar-refractivity contribution >= 4 is 5.69 Å². The van der Waals surface area contributed by atoms with Gasteiger partial charge in [0, 0.05) is 6.07 Å². The summed E-state index contributed by atoms with van der Waals surface area (Å²) in [5.41, 5.74) is 0.0627. The molecule has 0 aliphatic heterocycles. The van der Waals surface area contributed by atoms with Crippen LogP contribution in [-0.4, -0.2) is 45.3 Å². The van der Waals surface area contributed by atoms with Crippen LogP contribution in [0.1, 0.15) is 0 Å². The topological polar surface area (TPSA) is 73.4 Å². The van der Waals surface area contributed by atoms with Crippen molar-refractivity contribution in [3.8, 4) is 5.75 Å². The van der Waals surface area contributed by atoms with Crippen LogP contribution in [0.5, 0.6) is 5.75 Å². The van der Waals surface area contributed by atoms with Crippen LogP contribution in [0.4, 0.5) is 5.69 Å². The molecule has 0 fully saturated rings. The van der Waals surface area contributed by atoms with Crippen LogP contribution in [0.3, 0.4) is 0 Å². The number of nitro benzene ring substituents is 1. The van der Waals surface area contributed by atoms with Gasteiger partial charge in [-0.05, 0) is 6.07 Å². The summed E-state index contributed by atoms with van der Waals surface area (Å²) in [5, 5.41) is 12.8. The molecular formula is C12H21N3O3+2. The van der Waals surface area contributed by atoms with Gasteiger partial charge < -0.3 is 15.0 Å². The van der Waals surface area contributed by atoms with Crippen molar-refractivity contribution in [1.82, 2.24) is 0 Å². The van der Waals surface area contributed by atoms with Gasteiger partial charge in [0.2, 0.25) is 0 Å². The number of likely N-dealkylation sites (N-methyl/N-ethyl adjacent to an activating group) is 1. The maximum Gasteiger partial charge on any atom is 0.273 e. The summed E-state index contributed by atoms with van der Waals surface area (Å²) in [6, 6.07) is 6.27. The van der Waals surface area contributed by atoms with Gasteiger partial charge in [0.1, 0.15) is 32.0 Å². The van der Waals surface area contributed by atoms with Crippen LogP contribution in [0.15, 0.2) is 24.3 Å². The first-order valence-corrected chi connectivity index (χ1v) is 6.07. The molecule has 0 heterocycles. The molecule has 6 heteroatoms. The highest BCUT2D eigenvalue weighted by molar-refractivity contribution is 5.37. The highest BCUT2D eigenvalue weighted by Crippen LogP contribution is 2.18. The number of nitro groups is 1. The molecule has 1 aromatic rings. The van der Waals surface area contributed by atoms with Gasteiger partial charge in [-0.25, -0.2) is 0 Å². The minimum atomic E-state index is -0.418. The van der Waals surface area contributed by atoms with Gasteiger partial charge in [-0.2, -0.15) is 0 Å². The lowest BCUT2D eigenvalue weighted by Gasteiger charge is -2.07. The van der Waals surface area contributed by atoms with Gasteiger partial charge in [0.25, 0.3) is 5.69 Å². The molecule has 6 nitrogen and oxygen atoms in total. The Hall–Kier alpha value is -1.66. The predicted octanol–water partition coefficient (Wildman–Crippen LogP) is -1.32. The Morgan fingerprint density at radius 3 is 2.83 bits per heavy atom. The number of rotatable bonds is 8. The van der Waals surface area contributed by atoms with Crippen molar-refractivity contribution in [1.29, 1.82) is 0 Å². The number of hydrogen-bond donors (Lipinski definition) is 2. The summed E-state index contributed by atoms with van der Waals surface area (Å²) in [5.74, 6) is 0.552. The monoisotopic (exact) mass is 255 g/mol. The predicted molar refractivity (Wildman–Crippen MR) is 67.9 cm³/mol. The van der Waals surface area contributed by atoms with Gasteiger partial charge in [-0.3, -0.25) is 10.1 Å². The smallest absolute Gasteiger partial charge is 0.273 e. The molecular weight excluding hydrogens is 234 g/mol. The fraction of sp³-hybridized carbons (Fsp3) is 0.500. The molecule has 0 aromatic heterocycles. The molecule has 0 aliphatic carbocycles. The van der Waals surface area contributed by atoms with Gasteiger partial charge in [0.15, 0.2) is 0 Å². The first kappa shape index (κ1) is 14.4. The number of non-ortho nitro benzene ring substituents is 1. The van der Waals surface area contributed by atoms with Crippen LogP contribution in [0.25, 0.3) is 0 Å². The Morgan fingerprint density at radius 2 is 2.17 bits per heavy atom. The Labute approximate surface area is 107 Å². The van der Waals surface area contributed by atoms with E-state index in [0.29, 0.717) is 12.4 Å². The molecule has 0 spiro atoms. The number of quaternary nitrogens is 2. The van der Waals surface area contributed by atoms with Crippen molar-refractivity contribution in [2.45, 2.75) is 0 Å². The zero-order valence-corrected chi connectivity index (χ0v) is 10.9. The van der Waals surface area contributed by atoms with Crippen molar-refractivity contribution in [3.63, 3.8) is 0 Å². The lowest BCUT2D eigenvalue weighted by molar-refractivity contribution is -0.874. The molecule has 0 radical (unpaired) electrons. The van der Waals surface area contributed by atoms with Crippen molar-refractivity contribution < 1.29 is 19.9 Å². The molecule has 0 saturated heterocycles. The van der Waals surface area contributed by atoms with Gasteiger partial charge in [0.05, 0.1) is 25.1 Å². The minimum absolute atomic E-state index is 0.0627. The SMILES string of the molecule is C[NH+](C)CC[NH2+]CCOc1cccc([N+](=O)[O-])c1. The highest BCUT2D eigenvalue weighted by Gasteiger charge is 2.06. The summed E-state index contributed by atoms with van der Waals surface area (Å²) in [7, 11) is 4.24. The average molecular weight is 255 g/mol. The fourth-order valence-corrected chi connectivity index (χ4v) is 1.48. The third-order valence-electron chi connectivity index (χ3n) is 2.47. The normalized spacial score (nSPS) is 10.6. The van der Waals surface area contributed by atoms with Crippen LogP contribution in [0.2, 0.25) is 0 Å². The molecule has 0 unspecified atom stereocenters. The molecule has 100 valence electrons. The van der Waals surface area contributed by atoms with E-state index in [9.17, 15) is 10.1 Å². The number of hydrogen-bond acceptors (Lipinski definition) is 3. The van der Waals surface area contributed by atoms with E-state index < -0.39 is 4.92 Å². The Morgan fingerprint density at radius 1 is 1.39 bits per heavy atom. The van der Waals surface area contributed by atoms with Crippen molar-refractivity contribution in [3.05, 3.63) is 34.4 Å². The van der Waals surface area contributed by atoms with Gasteiger partial charge in [-0.1, -0.05) is 6.07 Å². The fourth-order valence-electron chi connectivity index (χ4n) is 1.48. The quantitative estimate of drug-likeness (QED) is 0.344. The molecule has 1 rings (SSSR count). The second-order valence-electron chi connectivity index (χ2n) is 4.43. The standard InChI is InChI=1S/C12H19N3O3/c1-14(2)8-6-13-7-9-18-12-5-3-4-11(10-12)15(16)17/h3-5,10,13H,6-9H2,1-2H3/p+2. The maximum absolute atomic E-state index is 10.6. The molecule has 0 bridgehead atoms. The first-order chi connectivity index (χ1) is 8.59. The van der Waals surface area contributed by atoms with E-state index in [0.717, 1.165) is 19.6 Å². The summed E-state index contributed by atoms with van der Waals surface area (Å²) < 4.78 is 5.46. The Kier molecular flexibility index (Phi) is 6.10. The molecule has 1 aromatic carbocycles. The summed E-state index contributed by atoms with van der Waals surface area (Å²) in [6.07, 6.45) is 0. The van der Waals surface area contributed by atoms with Crippen LogP contribution in [0, 0.1) is 10.1 Å². The van der Waals surface area contributed by atoms with Crippen LogP contribution >= 0.6 is 0 Å². The van der Waals surface area contributed by atoms with E-state index in [1.807, 2.05) is 0 Å². The van der Waals surface area contributed by atoms with Crippen molar-refractivity contribution in [2.75, 3.05) is 40.3 Å². The molecule has 18 heavy (non-hydrogen) atoms. The summed E-state index contributed by atoms with van der Waals surface area (Å²) in [4.78, 5) is 11.6. The third-order valence-corrected chi connectivity index (χ3v) is 2.47. The molecule has 0 aliphatic rings. The maximum atomic E-state index is 10.6. The van der Waals surface area contributed by atoms with Crippen LogP contribution < -0.4 is 15.0 Å². The zero-order chi connectivity index (χ0) is 13.4. The van der Waals surface area contributed by atoms with E-state index in [2.05, 4.69) is 19.4 Å². The van der Waals surface area contributed by atoms with E-state index in [4.69, 9.17) is 4.74 Å². The highest BCUT2D eigenvalue weighted by atomic mass is 16.6. The lowest BCUT2D eigenvalue weighted by atomic mass is 10.3. The zero-order valence-electron chi connectivity index (χ0n) is 10.9. The van der Waals surface area contributed by atoms with E-state index >= 15 is 0 Å². The average Bonchev–Trinajstić information content (AvgIpc) is 2.33. The summed E-state index contributed by atoms with van der Waals surface area (Å²) in [6.45, 7) is 3.58. The van der Waals surface area contributed by atoms with E-state index in [1.165, 1.54) is 17.0 Å². The molecule has 0 saturated carbocycles. The third kappa shape index (κ3) is 5.60.